The zero-order valence-electron chi connectivity index (χ0n) is 15.3. The number of carbonyl (C=O) groups excluding carboxylic acids is 1. The third-order valence-electron chi connectivity index (χ3n) is 3.98. The van der Waals surface area contributed by atoms with Gasteiger partial charge in [-0.15, -0.1) is 11.3 Å². The lowest BCUT2D eigenvalue weighted by molar-refractivity contribution is 0.0739. The average Bonchev–Trinajstić information content (AvgIpc) is 3.30. The molecule has 0 saturated carbocycles. The number of rotatable bonds is 7. The Morgan fingerprint density at radius 2 is 2.00 bits per heavy atom. The summed E-state index contributed by atoms with van der Waals surface area (Å²) in [6.07, 6.45) is 0.544. The Bertz CT molecular complexity index is 838. The molecule has 2 aromatic heterocycles. The number of thiophene rings is 1. The minimum absolute atomic E-state index is 0.0620. The largest absolute Gasteiger partial charge is 0.339 e. The highest BCUT2D eigenvalue weighted by Crippen LogP contribution is 2.18. The summed E-state index contributed by atoms with van der Waals surface area (Å²) < 4.78 is 5.38. The first-order valence-corrected chi connectivity index (χ1v) is 9.63. The zero-order chi connectivity index (χ0) is 18.5. The molecule has 5 nitrogen and oxygen atoms in total. The van der Waals surface area contributed by atoms with Crippen molar-refractivity contribution < 1.29 is 9.32 Å². The van der Waals surface area contributed by atoms with Gasteiger partial charge < -0.3 is 9.42 Å². The van der Waals surface area contributed by atoms with Crippen molar-refractivity contribution in [2.75, 3.05) is 13.1 Å². The summed E-state index contributed by atoms with van der Waals surface area (Å²) >= 11 is 1.47. The van der Waals surface area contributed by atoms with Crippen molar-refractivity contribution >= 4 is 17.2 Å². The van der Waals surface area contributed by atoms with Gasteiger partial charge in [0.25, 0.3) is 5.91 Å². The molecule has 0 spiro atoms. The Balaban J connectivity index is 1.67. The Morgan fingerprint density at radius 1 is 1.23 bits per heavy atom. The quantitative estimate of drug-likeness (QED) is 0.617. The fraction of sp³-hybridized carbons (Fsp3) is 0.350. The number of nitrogens with zero attached hydrogens (tertiary/aromatic N) is 3. The van der Waals surface area contributed by atoms with Gasteiger partial charge in [0.1, 0.15) is 0 Å². The lowest BCUT2D eigenvalue weighted by Gasteiger charge is -2.23. The van der Waals surface area contributed by atoms with Gasteiger partial charge in [-0.3, -0.25) is 4.79 Å². The van der Waals surface area contributed by atoms with Gasteiger partial charge in [-0.2, -0.15) is 4.98 Å². The van der Waals surface area contributed by atoms with Gasteiger partial charge in [-0.05, 0) is 24.3 Å². The minimum Gasteiger partial charge on any atom is -0.339 e. The molecule has 0 bridgehead atoms. The van der Waals surface area contributed by atoms with Crippen LogP contribution in [-0.2, 0) is 6.42 Å². The van der Waals surface area contributed by atoms with E-state index in [1.54, 1.807) is 0 Å². The summed E-state index contributed by atoms with van der Waals surface area (Å²) in [4.78, 5) is 19.8. The first kappa shape index (κ1) is 18.3. The van der Waals surface area contributed by atoms with Crippen LogP contribution in [0.2, 0.25) is 0 Å². The van der Waals surface area contributed by atoms with E-state index in [-0.39, 0.29) is 5.91 Å². The molecule has 6 heteroatoms. The van der Waals surface area contributed by atoms with E-state index in [4.69, 9.17) is 4.52 Å². The monoisotopic (exact) mass is 369 g/mol. The van der Waals surface area contributed by atoms with Gasteiger partial charge in [0.15, 0.2) is 0 Å². The maximum Gasteiger partial charge on any atom is 0.263 e. The fourth-order valence-corrected chi connectivity index (χ4v) is 3.37. The topological polar surface area (TPSA) is 59.2 Å². The molecule has 0 aliphatic carbocycles. The predicted molar refractivity (Wildman–Crippen MR) is 103 cm³/mol. The van der Waals surface area contributed by atoms with E-state index in [2.05, 4.69) is 24.0 Å². The minimum atomic E-state index is 0.0620. The summed E-state index contributed by atoms with van der Waals surface area (Å²) in [5.74, 6) is 1.59. The van der Waals surface area contributed by atoms with E-state index >= 15 is 0 Å². The van der Waals surface area contributed by atoms with Crippen LogP contribution in [0.3, 0.4) is 0 Å². The smallest absolute Gasteiger partial charge is 0.263 e. The van der Waals surface area contributed by atoms with Crippen LogP contribution in [0.1, 0.15) is 35.0 Å². The first-order chi connectivity index (χ1) is 12.5. The summed E-state index contributed by atoms with van der Waals surface area (Å²) in [6, 6.07) is 11.8. The van der Waals surface area contributed by atoms with E-state index in [0.717, 1.165) is 10.4 Å². The van der Waals surface area contributed by atoms with Crippen molar-refractivity contribution in [3.8, 4) is 11.4 Å². The third-order valence-corrected chi connectivity index (χ3v) is 4.84. The summed E-state index contributed by atoms with van der Waals surface area (Å²) in [7, 11) is 0. The molecule has 0 unspecified atom stereocenters. The molecule has 1 amide bonds. The number of carbonyl (C=O) groups is 1. The van der Waals surface area contributed by atoms with Crippen LogP contribution in [0.5, 0.6) is 0 Å². The standard InChI is InChI=1S/C20H23N3O2S/c1-14(2)13-23(20(24)17-5-4-12-26-17)11-10-18-21-19(22-25-18)16-8-6-15(3)7-9-16/h4-9,12,14H,10-11,13H2,1-3H3. The summed E-state index contributed by atoms with van der Waals surface area (Å²) in [5, 5.41) is 5.99. The lowest BCUT2D eigenvalue weighted by atomic mass is 10.1. The Kier molecular flexibility index (Phi) is 5.83. The normalized spacial score (nSPS) is 11.1. The second-order valence-electron chi connectivity index (χ2n) is 6.75. The van der Waals surface area contributed by atoms with Crippen molar-refractivity contribution in [1.29, 1.82) is 0 Å². The second kappa shape index (κ2) is 8.27. The van der Waals surface area contributed by atoms with Crippen LogP contribution in [0.25, 0.3) is 11.4 Å². The Hall–Kier alpha value is -2.47. The summed E-state index contributed by atoms with van der Waals surface area (Å²) in [6.45, 7) is 7.52. The predicted octanol–water partition coefficient (Wildman–Crippen LogP) is 4.45. The highest BCUT2D eigenvalue weighted by Gasteiger charge is 2.19. The van der Waals surface area contributed by atoms with Crippen LogP contribution in [-0.4, -0.2) is 34.0 Å². The fourth-order valence-electron chi connectivity index (χ4n) is 2.68. The lowest BCUT2D eigenvalue weighted by Crippen LogP contribution is -2.35. The molecule has 0 saturated heterocycles. The molecule has 1 aromatic carbocycles. The number of hydrogen-bond donors (Lipinski definition) is 0. The molecule has 3 aromatic rings. The SMILES string of the molecule is Cc1ccc(-c2noc(CCN(CC(C)C)C(=O)c3cccs3)n2)cc1. The molecule has 0 atom stereocenters. The van der Waals surface area contributed by atoms with E-state index in [9.17, 15) is 4.79 Å². The van der Waals surface area contributed by atoms with Crippen LogP contribution < -0.4 is 0 Å². The third kappa shape index (κ3) is 4.58. The van der Waals surface area contributed by atoms with E-state index < -0.39 is 0 Å². The number of aromatic nitrogens is 2. The van der Waals surface area contributed by atoms with Gasteiger partial charge in [0.05, 0.1) is 4.88 Å². The Labute approximate surface area is 157 Å². The van der Waals surface area contributed by atoms with Crippen molar-refractivity contribution in [2.24, 2.45) is 5.92 Å². The van der Waals surface area contributed by atoms with Crippen LogP contribution in [0, 0.1) is 12.8 Å². The molecule has 26 heavy (non-hydrogen) atoms. The van der Waals surface area contributed by atoms with E-state index in [1.165, 1.54) is 16.9 Å². The molecule has 0 aliphatic heterocycles. The molecule has 0 N–H and O–H groups in total. The Morgan fingerprint density at radius 3 is 2.65 bits per heavy atom. The molecule has 0 radical (unpaired) electrons. The molecule has 2 heterocycles. The zero-order valence-corrected chi connectivity index (χ0v) is 16.1. The van der Waals surface area contributed by atoms with Crippen LogP contribution >= 0.6 is 11.3 Å². The van der Waals surface area contributed by atoms with Crippen molar-refractivity contribution in [1.82, 2.24) is 15.0 Å². The van der Waals surface area contributed by atoms with Gasteiger partial charge >= 0.3 is 0 Å². The number of benzene rings is 1. The van der Waals surface area contributed by atoms with Crippen LogP contribution in [0.15, 0.2) is 46.3 Å². The number of hydrogen-bond acceptors (Lipinski definition) is 5. The van der Waals surface area contributed by atoms with E-state index in [0.29, 0.717) is 37.1 Å². The molecular formula is C20H23N3O2S. The maximum absolute atomic E-state index is 12.7. The maximum atomic E-state index is 12.7. The van der Waals surface area contributed by atoms with E-state index in [1.807, 2.05) is 53.6 Å². The molecular weight excluding hydrogens is 346 g/mol. The molecule has 0 aliphatic rings. The number of amides is 1. The van der Waals surface area contributed by atoms with Gasteiger partial charge in [-0.1, -0.05) is 54.9 Å². The van der Waals surface area contributed by atoms with Crippen molar-refractivity contribution in [2.45, 2.75) is 27.2 Å². The summed E-state index contributed by atoms with van der Waals surface area (Å²) in [5.41, 5.74) is 2.12. The van der Waals surface area contributed by atoms with Gasteiger partial charge in [0.2, 0.25) is 11.7 Å². The van der Waals surface area contributed by atoms with Crippen molar-refractivity contribution in [3.05, 3.63) is 58.1 Å². The van der Waals surface area contributed by atoms with Crippen LogP contribution in [0.4, 0.5) is 0 Å². The first-order valence-electron chi connectivity index (χ1n) is 8.75. The van der Waals surface area contributed by atoms with Gasteiger partial charge in [-0.25, -0.2) is 0 Å². The molecule has 3 rings (SSSR count). The van der Waals surface area contributed by atoms with Gasteiger partial charge in [0, 0.05) is 25.1 Å². The highest BCUT2D eigenvalue weighted by atomic mass is 32.1. The second-order valence-corrected chi connectivity index (χ2v) is 7.70. The van der Waals surface area contributed by atoms with Crippen molar-refractivity contribution in [3.63, 3.8) is 0 Å². The molecule has 0 fully saturated rings. The number of aryl methyl sites for hydroxylation is 1. The highest BCUT2D eigenvalue weighted by molar-refractivity contribution is 7.12. The molecule has 136 valence electrons. The average molecular weight is 369 g/mol.